The van der Waals surface area contributed by atoms with Gasteiger partial charge in [0.05, 0.1) is 16.7 Å². The molecule has 0 fully saturated rings. The van der Waals surface area contributed by atoms with E-state index in [-0.39, 0.29) is 0 Å². The molecule has 8 rings (SSSR count). The second-order valence-electron chi connectivity index (χ2n) is 10.5. The minimum Gasteiger partial charge on any atom is -0.309 e. The minimum atomic E-state index is 0.907. The zero-order chi connectivity index (χ0) is 27.9. The van der Waals surface area contributed by atoms with E-state index in [0.717, 1.165) is 33.9 Å². The third-order valence-electron chi connectivity index (χ3n) is 8.05. The molecule has 3 heteroatoms. The molecule has 0 aliphatic rings. The molecular weight excluding hydrogens is 510 g/mol. The van der Waals surface area contributed by atoms with Crippen LogP contribution in [0.2, 0.25) is 0 Å². The number of aromatic nitrogens is 3. The number of rotatable bonds is 5. The van der Waals surface area contributed by atoms with Crippen LogP contribution in [0, 0.1) is 0 Å². The molecule has 2 aromatic heterocycles. The molecule has 0 unspecified atom stereocenters. The van der Waals surface area contributed by atoms with Gasteiger partial charge in [0.25, 0.3) is 0 Å². The van der Waals surface area contributed by atoms with E-state index in [1.807, 2.05) is 6.20 Å². The van der Waals surface area contributed by atoms with Crippen LogP contribution < -0.4 is 0 Å². The Kier molecular flexibility index (Phi) is 5.79. The lowest BCUT2D eigenvalue weighted by Crippen LogP contribution is -2.02. The number of imidazole rings is 1. The van der Waals surface area contributed by atoms with Gasteiger partial charge in [0.1, 0.15) is 5.82 Å². The first kappa shape index (κ1) is 24.2. The Labute approximate surface area is 244 Å². The van der Waals surface area contributed by atoms with Crippen LogP contribution in [-0.4, -0.2) is 14.1 Å². The van der Waals surface area contributed by atoms with Gasteiger partial charge in [0.2, 0.25) is 0 Å². The van der Waals surface area contributed by atoms with Crippen LogP contribution in [0.4, 0.5) is 0 Å². The fourth-order valence-electron chi connectivity index (χ4n) is 6.16. The molecule has 198 valence electrons. The van der Waals surface area contributed by atoms with Crippen LogP contribution in [-0.2, 0) is 0 Å². The van der Waals surface area contributed by atoms with Gasteiger partial charge in [-0.1, -0.05) is 115 Å². The summed E-state index contributed by atoms with van der Waals surface area (Å²) in [7, 11) is 0. The summed E-state index contributed by atoms with van der Waals surface area (Å²) >= 11 is 0. The number of benzene rings is 6. The van der Waals surface area contributed by atoms with Crippen molar-refractivity contribution < 1.29 is 0 Å². The molecule has 0 amide bonds. The van der Waals surface area contributed by atoms with E-state index in [2.05, 4.69) is 167 Å². The maximum atomic E-state index is 4.88. The van der Waals surface area contributed by atoms with Crippen LogP contribution in [0.3, 0.4) is 0 Å². The Bertz CT molecular complexity index is 2060. The first-order valence-electron chi connectivity index (χ1n) is 14.2. The molecule has 0 radical (unpaired) electrons. The summed E-state index contributed by atoms with van der Waals surface area (Å²) in [6.45, 7) is 0. The Morgan fingerprint density at radius 1 is 0.429 bits per heavy atom. The number of para-hydroxylation sites is 3. The van der Waals surface area contributed by atoms with Crippen LogP contribution in [0.5, 0.6) is 0 Å². The highest BCUT2D eigenvalue weighted by molar-refractivity contribution is 6.09. The van der Waals surface area contributed by atoms with Gasteiger partial charge in [-0.15, -0.1) is 0 Å². The third-order valence-corrected chi connectivity index (χ3v) is 8.05. The predicted molar refractivity (Wildman–Crippen MR) is 174 cm³/mol. The molecule has 0 aliphatic carbocycles. The van der Waals surface area contributed by atoms with Gasteiger partial charge in [0, 0.05) is 45.5 Å². The summed E-state index contributed by atoms with van der Waals surface area (Å²) in [6, 6.07) is 53.7. The maximum Gasteiger partial charge on any atom is 0.144 e. The number of fused-ring (bicyclic) bond motifs is 3. The lowest BCUT2D eigenvalue weighted by Gasteiger charge is -2.19. The molecule has 0 atom stereocenters. The SMILES string of the molecule is c1ccc(-c2cccc(-c3ccccc3)c2-n2ccnc2-c2ccc(-n3c4ccccc4c4ccccc43)cc2)cc1. The van der Waals surface area contributed by atoms with E-state index >= 15 is 0 Å². The zero-order valence-corrected chi connectivity index (χ0v) is 22.9. The van der Waals surface area contributed by atoms with Gasteiger partial charge >= 0.3 is 0 Å². The lowest BCUT2D eigenvalue weighted by atomic mass is 9.95. The van der Waals surface area contributed by atoms with Crippen molar-refractivity contribution >= 4 is 21.8 Å². The molecule has 3 nitrogen and oxygen atoms in total. The van der Waals surface area contributed by atoms with Crippen LogP contribution in [0.25, 0.3) is 66.8 Å². The quantitative estimate of drug-likeness (QED) is 0.214. The molecule has 8 aromatic rings. The molecule has 0 saturated carbocycles. The number of hydrogen-bond acceptors (Lipinski definition) is 1. The van der Waals surface area contributed by atoms with E-state index in [1.165, 1.54) is 32.9 Å². The zero-order valence-electron chi connectivity index (χ0n) is 22.9. The topological polar surface area (TPSA) is 22.8 Å². The molecule has 0 saturated heterocycles. The molecule has 0 N–H and O–H groups in total. The molecular formula is C39H27N3. The second kappa shape index (κ2) is 10.1. The molecule has 0 spiro atoms. The Morgan fingerprint density at radius 3 is 1.52 bits per heavy atom. The Morgan fingerprint density at radius 2 is 0.952 bits per heavy atom. The normalized spacial score (nSPS) is 11.3. The van der Waals surface area contributed by atoms with Crippen molar-refractivity contribution in [1.82, 2.24) is 14.1 Å². The number of nitrogens with zero attached hydrogens (tertiary/aromatic N) is 3. The summed E-state index contributed by atoms with van der Waals surface area (Å²) in [4.78, 5) is 4.88. The highest BCUT2D eigenvalue weighted by Crippen LogP contribution is 2.38. The summed E-state index contributed by atoms with van der Waals surface area (Å²) in [5.41, 5.74) is 10.4. The van der Waals surface area contributed by atoms with Gasteiger partial charge in [-0.05, 0) is 47.5 Å². The summed E-state index contributed by atoms with van der Waals surface area (Å²) < 4.78 is 4.58. The van der Waals surface area contributed by atoms with Gasteiger partial charge < -0.3 is 4.57 Å². The molecule has 0 aliphatic heterocycles. The summed E-state index contributed by atoms with van der Waals surface area (Å²) in [6.07, 6.45) is 3.97. The van der Waals surface area contributed by atoms with E-state index in [9.17, 15) is 0 Å². The van der Waals surface area contributed by atoms with E-state index in [4.69, 9.17) is 4.98 Å². The van der Waals surface area contributed by atoms with Crippen molar-refractivity contribution in [3.8, 4) is 45.0 Å². The van der Waals surface area contributed by atoms with E-state index < -0.39 is 0 Å². The molecule has 2 heterocycles. The molecule has 42 heavy (non-hydrogen) atoms. The first-order chi connectivity index (χ1) is 20.9. The number of hydrogen-bond donors (Lipinski definition) is 0. The van der Waals surface area contributed by atoms with E-state index in [0.29, 0.717) is 0 Å². The van der Waals surface area contributed by atoms with Crippen LogP contribution in [0.15, 0.2) is 164 Å². The average molecular weight is 538 g/mol. The van der Waals surface area contributed by atoms with Crippen molar-refractivity contribution in [3.05, 3.63) is 164 Å². The summed E-state index contributed by atoms with van der Waals surface area (Å²) in [5.74, 6) is 0.907. The van der Waals surface area contributed by atoms with Crippen molar-refractivity contribution in [3.63, 3.8) is 0 Å². The lowest BCUT2D eigenvalue weighted by molar-refractivity contribution is 1.07. The van der Waals surface area contributed by atoms with Crippen molar-refractivity contribution in [2.75, 3.05) is 0 Å². The maximum absolute atomic E-state index is 4.88. The minimum absolute atomic E-state index is 0.907. The Balaban J connectivity index is 1.29. The highest BCUT2D eigenvalue weighted by Gasteiger charge is 2.18. The first-order valence-corrected chi connectivity index (χ1v) is 14.2. The van der Waals surface area contributed by atoms with Crippen LogP contribution >= 0.6 is 0 Å². The fourth-order valence-corrected chi connectivity index (χ4v) is 6.16. The molecule has 0 bridgehead atoms. The summed E-state index contributed by atoms with van der Waals surface area (Å²) in [5, 5.41) is 2.53. The standard InChI is InChI=1S/C39H27N3/c1-3-12-28(13-4-1)32-18-11-19-33(29-14-5-2-6-15-29)38(32)41-27-26-40-39(41)30-22-24-31(25-23-30)42-36-20-9-7-16-34(36)35-17-8-10-21-37(35)42/h1-27H. The van der Waals surface area contributed by atoms with E-state index in [1.54, 1.807) is 0 Å². The van der Waals surface area contributed by atoms with Gasteiger partial charge in [-0.2, -0.15) is 0 Å². The largest absolute Gasteiger partial charge is 0.309 e. The Hall–Kier alpha value is -5.67. The van der Waals surface area contributed by atoms with Crippen molar-refractivity contribution in [2.45, 2.75) is 0 Å². The third kappa shape index (κ3) is 3.94. The highest BCUT2D eigenvalue weighted by atomic mass is 15.1. The van der Waals surface area contributed by atoms with Crippen molar-refractivity contribution in [2.24, 2.45) is 0 Å². The monoisotopic (exact) mass is 537 g/mol. The average Bonchev–Trinajstić information content (AvgIpc) is 3.69. The van der Waals surface area contributed by atoms with Gasteiger partial charge in [-0.3, -0.25) is 4.57 Å². The molecule has 6 aromatic carbocycles. The second-order valence-corrected chi connectivity index (χ2v) is 10.5. The fraction of sp³-hybridized carbons (Fsp3) is 0. The van der Waals surface area contributed by atoms with Crippen LogP contribution in [0.1, 0.15) is 0 Å². The predicted octanol–water partition coefficient (Wildman–Crippen LogP) is 9.97. The van der Waals surface area contributed by atoms with Crippen molar-refractivity contribution in [1.29, 1.82) is 0 Å². The van der Waals surface area contributed by atoms with Gasteiger partial charge in [0.15, 0.2) is 0 Å². The van der Waals surface area contributed by atoms with Gasteiger partial charge in [-0.25, -0.2) is 4.98 Å². The smallest absolute Gasteiger partial charge is 0.144 e.